The van der Waals surface area contributed by atoms with Crippen molar-refractivity contribution in [2.24, 2.45) is 7.05 Å². The topological polar surface area (TPSA) is 64.0 Å². The van der Waals surface area contributed by atoms with E-state index in [4.69, 9.17) is 23.2 Å². The van der Waals surface area contributed by atoms with Gasteiger partial charge in [0.2, 0.25) is 5.91 Å². The smallest absolute Gasteiger partial charge is 0.262 e. The van der Waals surface area contributed by atoms with Crippen LogP contribution in [0.4, 0.5) is 5.69 Å². The molecule has 2 aromatic heterocycles. The van der Waals surface area contributed by atoms with Crippen molar-refractivity contribution in [2.45, 2.75) is 5.16 Å². The van der Waals surface area contributed by atoms with Crippen molar-refractivity contribution >= 4 is 68.1 Å². The average molecular weight is 400 g/mol. The zero-order valence-electron chi connectivity index (χ0n) is 12.4. The van der Waals surface area contributed by atoms with Crippen molar-refractivity contribution in [1.29, 1.82) is 0 Å². The molecular formula is C15H11Cl2N3O2S2. The molecular weight excluding hydrogens is 389 g/mol. The Morgan fingerprint density at radius 2 is 2.17 bits per heavy atom. The lowest BCUT2D eigenvalue weighted by Crippen LogP contribution is -2.20. The normalized spacial score (nSPS) is 11.0. The molecule has 0 aliphatic heterocycles. The number of rotatable bonds is 4. The molecule has 0 saturated heterocycles. The Morgan fingerprint density at radius 3 is 2.96 bits per heavy atom. The first kappa shape index (κ1) is 17.3. The zero-order valence-corrected chi connectivity index (χ0v) is 15.5. The van der Waals surface area contributed by atoms with Crippen LogP contribution in [-0.4, -0.2) is 21.2 Å². The lowest BCUT2D eigenvalue weighted by atomic mass is 10.3. The molecule has 0 spiro atoms. The first-order valence-corrected chi connectivity index (χ1v) is 9.40. The van der Waals surface area contributed by atoms with Gasteiger partial charge in [-0.2, -0.15) is 0 Å². The van der Waals surface area contributed by atoms with Crippen LogP contribution < -0.4 is 10.9 Å². The summed E-state index contributed by atoms with van der Waals surface area (Å²) >= 11 is 14.5. The molecule has 1 N–H and O–H groups in total. The number of hydrogen-bond donors (Lipinski definition) is 1. The van der Waals surface area contributed by atoms with Crippen LogP contribution in [0.5, 0.6) is 0 Å². The van der Waals surface area contributed by atoms with Crippen LogP contribution in [0.25, 0.3) is 10.2 Å². The molecule has 5 nitrogen and oxygen atoms in total. The molecule has 0 aliphatic rings. The molecule has 0 fully saturated rings. The summed E-state index contributed by atoms with van der Waals surface area (Å²) < 4.78 is 1.44. The third kappa shape index (κ3) is 3.44. The fraction of sp³-hybridized carbons (Fsp3) is 0.133. The number of anilines is 1. The van der Waals surface area contributed by atoms with Gasteiger partial charge in [-0.3, -0.25) is 14.2 Å². The number of carbonyl (C=O) groups is 1. The lowest BCUT2D eigenvalue weighted by molar-refractivity contribution is -0.113. The zero-order chi connectivity index (χ0) is 17.3. The summed E-state index contributed by atoms with van der Waals surface area (Å²) in [4.78, 5) is 29.4. The highest BCUT2D eigenvalue weighted by Gasteiger charge is 2.13. The monoisotopic (exact) mass is 399 g/mol. The Morgan fingerprint density at radius 1 is 1.38 bits per heavy atom. The third-order valence-electron chi connectivity index (χ3n) is 3.22. The Balaban J connectivity index is 1.74. The molecule has 3 aromatic rings. The lowest BCUT2D eigenvalue weighted by Gasteiger charge is -2.09. The van der Waals surface area contributed by atoms with Gasteiger partial charge in [0.05, 0.1) is 26.9 Å². The van der Waals surface area contributed by atoms with E-state index in [0.29, 0.717) is 31.1 Å². The standard InChI is InChI=1S/C15H11Cl2N3O2S2/c1-20-14(22)8-5-6-23-13(8)19-15(20)24-7-11(21)18-10-4-2-3-9(16)12(10)17/h2-6H,7H2,1H3,(H,18,21). The fourth-order valence-electron chi connectivity index (χ4n) is 2.03. The summed E-state index contributed by atoms with van der Waals surface area (Å²) in [5.74, 6) is -0.162. The second-order valence-electron chi connectivity index (χ2n) is 4.84. The molecule has 0 saturated carbocycles. The number of thiophene rings is 1. The van der Waals surface area contributed by atoms with Crippen LogP contribution >= 0.6 is 46.3 Å². The van der Waals surface area contributed by atoms with E-state index < -0.39 is 0 Å². The van der Waals surface area contributed by atoms with Gasteiger partial charge >= 0.3 is 0 Å². The van der Waals surface area contributed by atoms with Gasteiger partial charge in [-0.25, -0.2) is 4.98 Å². The number of nitrogens with one attached hydrogen (secondary N) is 1. The van der Waals surface area contributed by atoms with E-state index in [9.17, 15) is 9.59 Å². The number of nitrogens with zero attached hydrogens (tertiary/aromatic N) is 2. The van der Waals surface area contributed by atoms with E-state index in [2.05, 4.69) is 10.3 Å². The van der Waals surface area contributed by atoms with E-state index in [1.54, 1.807) is 31.3 Å². The van der Waals surface area contributed by atoms with Crippen molar-refractivity contribution in [3.63, 3.8) is 0 Å². The molecule has 0 unspecified atom stereocenters. The first-order chi connectivity index (χ1) is 11.5. The number of hydrogen-bond acceptors (Lipinski definition) is 5. The number of fused-ring (bicyclic) bond motifs is 1. The summed E-state index contributed by atoms with van der Waals surface area (Å²) in [6.07, 6.45) is 0. The van der Waals surface area contributed by atoms with Crippen LogP contribution in [0.3, 0.4) is 0 Å². The first-order valence-electron chi connectivity index (χ1n) is 6.78. The van der Waals surface area contributed by atoms with Gasteiger partial charge in [-0.05, 0) is 23.6 Å². The number of halogens is 2. The van der Waals surface area contributed by atoms with Crippen LogP contribution in [0.2, 0.25) is 10.0 Å². The minimum atomic E-state index is -0.260. The molecule has 24 heavy (non-hydrogen) atoms. The van der Waals surface area contributed by atoms with Crippen LogP contribution in [0.1, 0.15) is 0 Å². The summed E-state index contributed by atoms with van der Waals surface area (Å²) in [5, 5.41) is 6.26. The van der Waals surface area contributed by atoms with Crippen LogP contribution in [-0.2, 0) is 11.8 Å². The summed E-state index contributed by atoms with van der Waals surface area (Å²) in [5.41, 5.74) is 0.326. The fourth-order valence-corrected chi connectivity index (χ4v) is 3.95. The van der Waals surface area contributed by atoms with E-state index in [1.165, 1.54) is 27.7 Å². The summed E-state index contributed by atoms with van der Waals surface area (Å²) in [6, 6.07) is 6.76. The highest BCUT2D eigenvalue weighted by Crippen LogP contribution is 2.29. The van der Waals surface area contributed by atoms with E-state index >= 15 is 0 Å². The average Bonchev–Trinajstić information content (AvgIpc) is 3.02. The molecule has 0 bridgehead atoms. The molecule has 124 valence electrons. The Bertz CT molecular complexity index is 984. The minimum absolute atomic E-state index is 0.0972. The van der Waals surface area contributed by atoms with Crippen LogP contribution in [0, 0.1) is 0 Å². The number of carbonyl (C=O) groups excluding carboxylic acids is 1. The van der Waals surface area contributed by atoms with Crippen molar-refractivity contribution in [1.82, 2.24) is 9.55 Å². The molecule has 0 aliphatic carbocycles. The van der Waals surface area contributed by atoms with E-state index in [1.807, 2.05) is 5.38 Å². The predicted molar refractivity (Wildman–Crippen MR) is 101 cm³/mol. The van der Waals surface area contributed by atoms with Gasteiger partial charge in [0, 0.05) is 7.05 Å². The number of aromatic nitrogens is 2. The molecule has 3 rings (SSSR count). The molecule has 0 radical (unpaired) electrons. The van der Waals surface area contributed by atoms with Gasteiger partial charge in [-0.15, -0.1) is 11.3 Å². The number of benzene rings is 1. The van der Waals surface area contributed by atoms with Gasteiger partial charge in [-0.1, -0.05) is 41.0 Å². The van der Waals surface area contributed by atoms with Crippen molar-refractivity contribution in [2.75, 3.05) is 11.1 Å². The molecule has 1 amide bonds. The van der Waals surface area contributed by atoms with Gasteiger partial charge in [0.25, 0.3) is 5.56 Å². The predicted octanol–water partition coefficient (Wildman–Crippen LogP) is 4.03. The highest BCUT2D eigenvalue weighted by molar-refractivity contribution is 7.99. The SMILES string of the molecule is Cn1c(SCC(=O)Nc2cccc(Cl)c2Cl)nc2sccc2c1=O. The number of thioether (sulfide) groups is 1. The Kier molecular flexibility index (Phi) is 5.15. The summed E-state index contributed by atoms with van der Waals surface area (Å²) in [6.45, 7) is 0. The maximum atomic E-state index is 12.2. The molecule has 2 heterocycles. The summed E-state index contributed by atoms with van der Waals surface area (Å²) in [7, 11) is 1.64. The van der Waals surface area contributed by atoms with Gasteiger partial charge in [0.1, 0.15) is 4.83 Å². The molecule has 1 aromatic carbocycles. The maximum absolute atomic E-state index is 12.2. The van der Waals surface area contributed by atoms with Crippen molar-refractivity contribution in [3.8, 4) is 0 Å². The molecule has 0 atom stereocenters. The van der Waals surface area contributed by atoms with Crippen molar-refractivity contribution in [3.05, 3.63) is 50.0 Å². The second-order valence-corrected chi connectivity index (χ2v) is 7.46. The Hall–Kier alpha value is -1.54. The van der Waals surface area contributed by atoms with E-state index in [-0.39, 0.29) is 17.2 Å². The third-order valence-corrected chi connectivity index (χ3v) is 5.88. The highest BCUT2D eigenvalue weighted by atomic mass is 35.5. The van der Waals surface area contributed by atoms with Crippen molar-refractivity contribution < 1.29 is 4.79 Å². The quantitative estimate of drug-likeness (QED) is 0.531. The second kappa shape index (κ2) is 7.14. The van der Waals surface area contributed by atoms with Gasteiger partial charge in [0.15, 0.2) is 5.16 Å². The largest absolute Gasteiger partial charge is 0.324 e. The number of amides is 1. The molecule has 9 heteroatoms. The van der Waals surface area contributed by atoms with Crippen LogP contribution in [0.15, 0.2) is 39.6 Å². The maximum Gasteiger partial charge on any atom is 0.262 e. The van der Waals surface area contributed by atoms with E-state index in [0.717, 1.165) is 0 Å². The minimum Gasteiger partial charge on any atom is -0.324 e. The Labute approximate surface area is 155 Å². The van der Waals surface area contributed by atoms with Gasteiger partial charge < -0.3 is 5.32 Å².